The molecule has 5 rings (SSSR count). The maximum Gasteiger partial charge on any atom is 0.321 e. The summed E-state index contributed by atoms with van der Waals surface area (Å²) in [6.45, 7) is 2.11. The Labute approximate surface area is 239 Å². The molecule has 212 valence electrons. The van der Waals surface area contributed by atoms with E-state index >= 15 is 0 Å². The molecule has 1 aliphatic heterocycles. The molecule has 0 bridgehead atoms. The van der Waals surface area contributed by atoms with Gasteiger partial charge >= 0.3 is 6.03 Å². The number of fused-ring (bicyclic) bond motifs is 1. The fraction of sp³-hybridized carbons (Fsp3) is 0.226. The normalized spacial score (nSPS) is 15.9. The van der Waals surface area contributed by atoms with Crippen molar-refractivity contribution < 1.29 is 22.7 Å². The van der Waals surface area contributed by atoms with E-state index in [2.05, 4.69) is 10.6 Å². The third kappa shape index (κ3) is 6.18. The predicted molar refractivity (Wildman–Crippen MR) is 158 cm³/mol. The monoisotopic (exact) mass is 572 g/mol. The van der Waals surface area contributed by atoms with E-state index in [-0.39, 0.29) is 31.1 Å². The van der Waals surface area contributed by atoms with Crippen LogP contribution < -0.4 is 15.4 Å². The number of methoxy groups -OCH3 is 1. The van der Waals surface area contributed by atoms with Gasteiger partial charge in [-0.25, -0.2) is 13.2 Å². The van der Waals surface area contributed by atoms with Crippen molar-refractivity contribution in [3.63, 3.8) is 0 Å². The number of rotatable bonds is 7. The number of sulfonamides is 1. The van der Waals surface area contributed by atoms with Gasteiger partial charge in [0, 0.05) is 37.3 Å². The first-order valence-corrected chi connectivity index (χ1v) is 14.7. The van der Waals surface area contributed by atoms with Gasteiger partial charge in [0.15, 0.2) is 0 Å². The summed E-state index contributed by atoms with van der Waals surface area (Å²) in [5.74, 6) is 0.151. The Kier molecular flexibility index (Phi) is 8.23. The summed E-state index contributed by atoms with van der Waals surface area (Å²) in [7, 11) is -2.53. The molecule has 0 spiro atoms. The molecular formula is C31H32N4O5S. The summed E-state index contributed by atoms with van der Waals surface area (Å²) in [4.78, 5) is 28.4. The topological polar surface area (TPSA) is 108 Å². The molecule has 4 aromatic carbocycles. The van der Waals surface area contributed by atoms with Crippen LogP contribution in [0.4, 0.5) is 10.5 Å². The number of benzene rings is 4. The van der Waals surface area contributed by atoms with Crippen molar-refractivity contribution in [1.82, 2.24) is 14.5 Å². The number of ether oxygens (including phenoxy) is 1. The number of piperazine rings is 1. The van der Waals surface area contributed by atoms with Crippen LogP contribution in [0, 0.1) is 6.92 Å². The predicted octanol–water partition coefficient (Wildman–Crippen LogP) is 4.38. The number of nitrogens with zero attached hydrogens (tertiary/aromatic N) is 2. The van der Waals surface area contributed by atoms with Crippen molar-refractivity contribution in [1.29, 1.82) is 0 Å². The van der Waals surface area contributed by atoms with Crippen molar-refractivity contribution >= 4 is 38.4 Å². The van der Waals surface area contributed by atoms with Crippen molar-refractivity contribution in [2.75, 3.05) is 32.1 Å². The van der Waals surface area contributed by atoms with Crippen molar-refractivity contribution in [3.8, 4) is 5.75 Å². The first kappa shape index (κ1) is 28.1. The number of aryl methyl sites for hydroxylation is 1. The van der Waals surface area contributed by atoms with Crippen molar-refractivity contribution in [3.05, 3.63) is 102 Å². The van der Waals surface area contributed by atoms with E-state index in [4.69, 9.17) is 4.74 Å². The summed E-state index contributed by atoms with van der Waals surface area (Å²) in [6.07, 6.45) is 0. The molecule has 3 amide bonds. The average Bonchev–Trinajstić information content (AvgIpc) is 3.00. The zero-order valence-electron chi connectivity index (χ0n) is 22.9. The van der Waals surface area contributed by atoms with E-state index in [1.54, 1.807) is 55.6 Å². The molecule has 1 aliphatic rings. The second-order valence-electron chi connectivity index (χ2n) is 9.92. The Balaban J connectivity index is 1.42. The highest BCUT2D eigenvalue weighted by Crippen LogP contribution is 2.28. The number of hydrogen-bond donors (Lipinski definition) is 2. The summed E-state index contributed by atoms with van der Waals surface area (Å²) in [5, 5.41) is 7.07. The minimum absolute atomic E-state index is 0.0376. The van der Waals surface area contributed by atoms with E-state index in [9.17, 15) is 18.0 Å². The van der Waals surface area contributed by atoms with Crippen LogP contribution in [0.15, 0.2) is 95.9 Å². The van der Waals surface area contributed by atoms with Crippen LogP contribution in [0.2, 0.25) is 0 Å². The van der Waals surface area contributed by atoms with E-state index in [0.717, 1.165) is 16.5 Å². The van der Waals surface area contributed by atoms with Crippen LogP contribution >= 0.6 is 0 Å². The lowest BCUT2D eigenvalue weighted by molar-refractivity contribution is -0.126. The highest BCUT2D eigenvalue weighted by molar-refractivity contribution is 7.89. The number of amides is 3. The minimum Gasteiger partial charge on any atom is -0.497 e. The summed E-state index contributed by atoms with van der Waals surface area (Å²) >= 11 is 0. The third-order valence-electron chi connectivity index (χ3n) is 7.16. The van der Waals surface area contributed by atoms with E-state index in [1.165, 1.54) is 9.21 Å². The van der Waals surface area contributed by atoms with Gasteiger partial charge in [-0.15, -0.1) is 0 Å². The number of carbonyl (C=O) groups is 2. The van der Waals surface area contributed by atoms with Crippen molar-refractivity contribution in [2.24, 2.45) is 0 Å². The Bertz CT molecular complexity index is 1670. The number of nitrogens with one attached hydrogen (secondary N) is 2. The number of anilines is 1. The number of urea groups is 1. The lowest BCUT2D eigenvalue weighted by Gasteiger charge is -2.39. The lowest BCUT2D eigenvalue weighted by Crippen LogP contribution is -2.61. The van der Waals surface area contributed by atoms with Gasteiger partial charge in [-0.05, 0) is 48.2 Å². The number of carbonyl (C=O) groups excluding carboxylic acids is 2. The third-order valence-corrected chi connectivity index (χ3v) is 9.13. The molecule has 0 aromatic heterocycles. The van der Waals surface area contributed by atoms with Gasteiger partial charge in [0.25, 0.3) is 0 Å². The molecule has 1 unspecified atom stereocenters. The largest absolute Gasteiger partial charge is 0.497 e. The minimum atomic E-state index is -4.10. The second-order valence-corrected chi connectivity index (χ2v) is 11.8. The molecule has 9 nitrogen and oxygen atoms in total. The van der Waals surface area contributed by atoms with Gasteiger partial charge in [-0.2, -0.15) is 4.31 Å². The molecular weight excluding hydrogens is 540 g/mol. The Morgan fingerprint density at radius 3 is 2.44 bits per heavy atom. The Hall–Kier alpha value is -4.41. The Morgan fingerprint density at radius 1 is 0.927 bits per heavy atom. The summed E-state index contributed by atoms with van der Waals surface area (Å²) in [6, 6.07) is 25.4. The van der Waals surface area contributed by atoms with Gasteiger partial charge in [-0.3, -0.25) is 4.79 Å². The van der Waals surface area contributed by atoms with Crippen molar-refractivity contribution in [2.45, 2.75) is 24.4 Å². The molecule has 10 heteroatoms. The zero-order valence-corrected chi connectivity index (χ0v) is 23.7. The smallest absolute Gasteiger partial charge is 0.321 e. The van der Waals surface area contributed by atoms with Crippen LogP contribution in [0.1, 0.15) is 11.1 Å². The molecule has 1 heterocycles. The molecule has 0 saturated carbocycles. The van der Waals surface area contributed by atoms with Crippen LogP contribution in [0.3, 0.4) is 0 Å². The lowest BCUT2D eigenvalue weighted by atomic mass is 10.1. The first-order chi connectivity index (χ1) is 19.8. The molecule has 1 atom stereocenters. The maximum absolute atomic E-state index is 14.1. The molecule has 4 aromatic rings. The molecule has 2 N–H and O–H groups in total. The quantitative estimate of drug-likeness (QED) is 0.342. The molecule has 1 saturated heterocycles. The van der Waals surface area contributed by atoms with Crippen LogP contribution in [0.25, 0.3) is 10.8 Å². The standard InChI is InChI=1S/C31H32N4O5S/c1-22-13-15-25(16-14-22)33-31(37)34-17-18-35(41(38,39)29-12-6-9-24-8-3-4-11-27(24)29)28(21-34)30(36)32-20-23-7-5-10-26(19-23)40-2/h3-16,19,28H,17-18,20-21H2,1-2H3,(H,32,36)(H,33,37). The fourth-order valence-electron chi connectivity index (χ4n) is 4.93. The summed E-state index contributed by atoms with van der Waals surface area (Å²) in [5.41, 5.74) is 2.47. The molecule has 1 fully saturated rings. The molecule has 41 heavy (non-hydrogen) atoms. The van der Waals surface area contributed by atoms with E-state index in [1.807, 2.05) is 49.4 Å². The summed E-state index contributed by atoms with van der Waals surface area (Å²) < 4.78 is 34.6. The zero-order chi connectivity index (χ0) is 29.0. The van der Waals surface area contributed by atoms with Crippen LogP contribution in [-0.2, 0) is 21.4 Å². The second kappa shape index (κ2) is 12.0. The highest BCUT2D eigenvalue weighted by atomic mass is 32.2. The van der Waals surface area contributed by atoms with Gasteiger partial charge in [0.1, 0.15) is 11.8 Å². The van der Waals surface area contributed by atoms with Gasteiger partial charge < -0.3 is 20.3 Å². The highest BCUT2D eigenvalue weighted by Gasteiger charge is 2.41. The first-order valence-electron chi connectivity index (χ1n) is 13.3. The van der Waals surface area contributed by atoms with Gasteiger partial charge in [-0.1, -0.05) is 66.2 Å². The number of hydrogen-bond acceptors (Lipinski definition) is 5. The van der Waals surface area contributed by atoms with E-state index in [0.29, 0.717) is 16.8 Å². The maximum atomic E-state index is 14.1. The molecule has 0 radical (unpaired) electrons. The fourth-order valence-corrected chi connectivity index (χ4v) is 6.71. The average molecular weight is 573 g/mol. The van der Waals surface area contributed by atoms with Gasteiger partial charge in [0.05, 0.1) is 12.0 Å². The Morgan fingerprint density at radius 2 is 1.66 bits per heavy atom. The van der Waals surface area contributed by atoms with Crippen LogP contribution in [-0.4, -0.2) is 62.3 Å². The van der Waals surface area contributed by atoms with E-state index < -0.39 is 28.0 Å². The SMILES string of the molecule is COc1cccc(CNC(=O)C2CN(C(=O)Nc3ccc(C)cc3)CCN2S(=O)(=O)c2cccc3ccccc23)c1. The van der Waals surface area contributed by atoms with Gasteiger partial charge in [0.2, 0.25) is 15.9 Å². The van der Waals surface area contributed by atoms with Crippen LogP contribution in [0.5, 0.6) is 5.75 Å². The molecule has 0 aliphatic carbocycles.